The number of esters is 1. The molecule has 1 unspecified atom stereocenters. The summed E-state index contributed by atoms with van der Waals surface area (Å²) in [6.45, 7) is 2.51. The molecule has 2 aliphatic heterocycles. The fourth-order valence-electron chi connectivity index (χ4n) is 2.61. The van der Waals surface area contributed by atoms with Crippen LogP contribution in [0.1, 0.15) is 25.7 Å². The van der Waals surface area contributed by atoms with Crippen molar-refractivity contribution in [3.05, 3.63) is 0 Å². The number of ether oxygens (including phenoxy) is 1. The molecule has 2 fully saturated rings. The maximum absolute atomic E-state index is 12.1. The summed E-state index contributed by atoms with van der Waals surface area (Å²) in [6, 6.07) is -0.316. The third-order valence-electron chi connectivity index (χ3n) is 3.65. The monoisotopic (exact) mass is 255 g/mol. The lowest BCUT2D eigenvalue weighted by molar-refractivity contribution is -0.144. The van der Waals surface area contributed by atoms with Crippen LogP contribution in [0.15, 0.2) is 0 Å². The van der Waals surface area contributed by atoms with Crippen molar-refractivity contribution in [1.29, 1.82) is 0 Å². The van der Waals surface area contributed by atoms with Crippen LogP contribution in [0.4, 0.5) is 4.79 Å². The van der Waals surface area contributed by atoms with Crippen LogP contribution in [-0.2, 0) is 9.53 Å². The van der Waals surface area contributed by atoms with E-state index in [1.807, 2.05) is 0 Å². The first-order chi connectivity index (χ1) is 8.72. The Morgan fingerprint density at radius 2 is 2.00 bits per heavy atom. The van der Waals surface area contributed by atoms with Gasteiger partial charge in [0.15, 0.2) is 0 Å². The lowest BCUT2D eigenvalue weighted by Gasteiger charge is -2.28. The summed E-state index contributed by atoms with van der Waals surface area (Å²) in [5.74, 6) is -0.312. The molecule has 0 bridgehead atoms. The van der Waals surface area contributed by atoms with Crippen LogP contribution in [0.5, 0.6) is 0 Å². The zero-order chi connectivity index (χ0) is 13.0. The predicted molar refractivity (Wildman–Crippen MR) is 66.2 cm³/mol. The van der Waals surface area contributed by atoms with E-state index < -0.39 is 6.04 Å². The van der Waals surface area contributed by atoms with Crippen LogP contribution in [0, 0.1) is 0 Å². The fourth-order valence-corrected chi connectivity index (χ4v) is 2.61. The van der Waals surface area contributed by atoms with Crippen molar-refractivity contribution in [3.63, 3.8) is 0 Å². The van der Waals surface area contributed by atoms with Gasteiger partial charge in [-0.2, -0.15) is 0 Å². The van der Waals surface area contributed by atoms with Gasteiger partial charge in [-0.15, -0.1) is 0 Å². The molecule has 2 heterocycles. The number of likely N-dealkylation sites (tertiary alicyclic amines) is 1. The quantitative estimate of drug-likeness (QED) is 0.686. The van der Waals surface area contributed by atoms with Gasteiger partial charge < -0.3 is 20.3 Å². The second kappa shape index (κ2) is 6.04. The minimum absolute atomic E-state index is 0.130. The SMILES string of the molecule is COC(=O)C1CCCN1C(=O)NC1CCNCC1. The van der Waals surface area contributed by atoms with Crippen LogP contribution in [0.3, 0.4) is 0 Å². The van der Waals surface area contributed by atoms with E-state index in [1.165, 1.54) is 7.11 Å². The molecule has 1 atom stereocenters. The Labute approximate surface area is 107 Å². The minimum atomic E-state index is -0.406. The van der Waals surface area contributed by atoms with E-state index in [0.717, 1.165) is 32.4 Å². The number of hydrogen-bond acceptors (Lipinski definition) is 4. The second-order valence-corrected chi connectivity index (χ2v) is 4.85. The highest BCUT2D eigenvalue weighted by Crippen LogP contribution is 2.18. The number of rotatable bonds is 2. The van der Waals surface area contributed by atoms with Gasteiger partial charge in [0, 0.05) is 12.6 Å². The van der Waals surface area contributed by atoms with Crippen molar-refractivity contribution in [1.82, 2.24) is 15.5 Å². The van der Waals surface area contributed by atoms with Crippen molar-refractivity contribution in [2.24, 2.45) is 0 Å². The molecule has 2 aliphatic rings. The normalized spacial score (nSPS) is 24.9. The molecule has 0 spiro atoms. The molecule has 2 N–H and O–H groups in total. The summed E-state index contributed by atoms with van der Waals surface area (Å²) < 4.78 is 4.73. The molecule has 18 heavy (non-hydrogen) atoms. The molecule has 0 aromatic rings. The van der Waals surface area contributed by atoms with Gasteiger partial charge in [-0.05, 0) is 38.8 Å². The Balaban J connectivity index is 1.89. The standard InChI is InChI=1S/C12H21N3O3/c1-18-11(16)10-3-2-8-15(10)12(17)14-9-4-6-13-7-5-9/h9-10,13H,2-8H2,1H3,(H,14,17). The Bertz CT molecular complexity index is 316. The van der Waals surface area contributed by atoms with E-state index in [-0.39, 0.29) is 18.0 Å². The zero-order valence-electron chi connectivity index (χ0n) is 10.8. The summed E-state index contributed by atoms with van der Waals surface area (Å²) in [4.78, 5) is 25.3. The summed E-state index contributed by atoms with van der Waals surface area (Å²) in [5, 5.41) is 6.26. The molecule has 2 saturated heterocycles. The minimum Gasteiger partial charge on any atom is -0.467 e. The van der Waals surface area contributed by atoms with E-state index in [0.29, 0.717) is 13.0 Å². The molecule has 0 aromatic carbocycles. The average molecular weight is 255 g/mol. The maximum atomic E-state index is 12.1. The number of nitrogens with one attached hydrogen (secondary N) is 2. The second-order valence-electron chi connectivity index (χ2n) is 4.85. The van der Waals surface area contributed by atoms with Gasteiger partial charge in [0.05, 0.1) is 7.11 Å². The summed E-state index contributed by atoms with van der Waals surface area (Å²) in [7, 11) is 1.36. The maximum Gasteiger partial charge on any atom is 0.328 e. The first kappa shape index (κ1) is 13.1. The highest BCUT2D eigenvalue weighted by atomic mass is 16.5. The van der Waals surface area contributed by atoms with E-state index >= 15 is 0 Å². The lowest BCUT2D eigenvalue weighted by atomic mass is 10.1. The summed E-state index contributed by atoms with van der Waals surface area (Å²) in [6.07, 6.45) is 3.46. The number of urea groups is 1. The molecule has 102 valence electrons. The van der Waals surface area contributed by atoms with Crippen molar-refractivity contribution in [2.45, 2.75) is 37.8 Å². The number of carbonyl (C=O) groups excluding carboxylic acids is 2. The number of methoxy groups -OCH3 is 1. The Hall–Kier alpha value is -1.30. The van der Waals surface area contributed by atoms with E-state index in [2.05, 4.69) is 10.6 Å². The summed E-state index contributed by atoms with van der Waals surface area (Å²) in [5.41, 5.74) is 0. The number of carbonyl (C=O) groups is 2. The number of nitrogens with zero attached hydrogens (tertiary/aromatic N) is 1. The van der Waals surface area contributed by atoms with Gasteiger partial charge in [-0.1, -0.05) is 0 Å². The van der Waals surface area contributed by atoms with E-state index in [4.69, 9.17) is 4.74 Å². The Morgan fingerprint density at radius 1 is 1.28 bits per heavy atom. The molecule has 0 radical (unpaired) electrons. The highest BCUT2D eigenvalue weighted by Gasteiger charge is 2.35. The lowest BCUT2D eigenvalue weighted by Crippen LogP contribution is -2.51. The number of amides is 2. The summed E-state index contributed by atoms with van der Waals surface area (Å²) >= 11 is 0. The van der Waals surface area contributed by atoms with Crippen LogP contribution in [-0.4, -0.2) is 55.7 Å². The van der Waals surface area contributed by atoms with Crippen molar-refractivity contribution < 1.29 is 14.3 Å². The predicted octanol–water partition coefficient (Wildman–Crippen LogP) is 0.0854. The van der Waals surface area contributed by atoms with Crippen molar-refractivity contribution >= 4 is 12.0 Å². The molecule has 0 aliphatic carbocycles. The Morgan fingerprint density at radius 3 is 2.67 bits per heavy atom. The molecule has 0 saturated carbocycles. The molecule has 6 heteroatoms. The van der Waals surface area contributed by atoms with Crippen molar-refractivity contribution in [3.8, 4) is 0 Å². The first-order valence-corrected chi connectivity index (χ1v) is 6.58. The Kier molecular flexibility index (Phi) is 4.41. The van der Waals surface area contributed by atoms with Crippen molar-refractivity contribution in [2.75, 3.05) is 26.7 Å². The van der Waals surface area contributed by atoms with E-state index in [1.54, 1.807) is 4.90 Å². The largest absolute Gasteiger partial charge is 0.467 e. The van der Waals surface area contributed by atoms with Gasteiger partial charge in [0.2, 0.25) is 0 Å². The molecular formula is C12H21N3O3. The average Bonchev–Trinajstić information content (AvgIpc) is 2.88. The van der Waals surface area contributed by atoms with Gasteiger partial charge >= 0.3 is 12.0 Å². The van der Waals surface area contributed by atoms with Crippen LogP contribution >= 0.6 is 0 Å². The molecular weight excluding hydrogens is 234 g/mol. The van der Waals surface area contributed by atoms with Gasteiger partial charge in [0.1, 0.15) is 6.04 Å². The van der Waals surface area contributed by atoms with Crippen LogP contribution in [0.2, 0.25) is 0 Å². The fraction of sp³-hybridized carbons (Fsp3) is 0.833. The van der Waals surface area contributed by atoms with Gasteiger partial charge in [-0.25, -0.2) is 9.59 Å². The molecule has 0 aromatic heterocycles. The zero-order valence-corrected chi connectivity index (χ0v) is 10.8. The molecule has 2 amide bonds. The first-order valence-electron chi connectivity index (χ1n) is 6.58. The topological polar surface area (TPSA) is 70.7 Å². The number of hydrogen-bond donors (Lipinski definition) is 2. The van der Waals surface area contributed by atoms with Gasteiger partial charge in [-0.3, -0.25) is 0 Å². The molecule has 6 nitrogen and oxygen atoms in total. The highest BCUT2D eigenvalue weighted by molar-refractivity contribution is 5.84. The third kappa shape index (κ3) is 2.93. The van der Waals surface area contributed by atoms with E-state index in [9.17, 15) is 9.59 Å². The van der Waals surface area contributed by atoms with Crippen LogP contribution in [0.25, 0.3) is 0 Å². The number of piperidine rings is 1. The van der Waals surface area contributed by atoms with Gasteiger partial charge in [0.25, 0.3) is 0 Å². The third-order valence-corrected chi connectivity index (χ3v) is 3.65. The smallest absolute Gasteiger partial charge is 0.328 e. The van der Waals surface area contributed by atoms with Crippen LogP contribution < -0.4 is 10.6 Å². The molecule has 2 rings (SSSR count).